The molecule has 2 aromatic carbocycles. The molecule has 198 valence electrons. The van der Waals surface area contributed by atoms with Gasteiger partial charge in [0.25, 0.3) is 0 Å². The number of hydrogen-bond donors (Lipinski definition) is 0. The summed E-state index contributed by atoms with van der Waals surface area (Å²) in [6, 6.07) is -4.56. The van der Waals surface area contributed by atoms with Crippen molar-refractivity contribution in [3.8, 4) is 16.9 Å². The zero-order chi connectivity index (χ0) is 27.5. The summed E-state index contributed by atoms with van der Waals surface area (Å²) in [7, 11) is 0. The highest BCUT2D eigenvalue weighted by molar-refractivity contribution is 9.10. The number of carbonyl (C=O) groups is 1. The average Bonchev–Trinajstić information content (AvgIpc) is 2.72. The summed E-state index contributed by atoms with van der Waals surface area (Å²) < 4.78 is 171. The quantitative estimate of drug-likeness (QED) is 0.164. The predicted molar refractivity (Wildman–Crippen MR) is 97.8 cm³/mol. The van der Waals surface area contributed by atoms with Crippen LogP contribution >= 0.6 is 15.9 Å². The molecule has 0 radical (unpaired) electrons. The Kier molecular flexibility index (Phi) is 6.63. The summed E-state index contributed by atoms with van der Waals surface area (Å²) in [5, 5.41) is 0. The fourth-order valence-corrected chi connectivity index (χ4v) is 3.24. The van der Waals surface area contributed by atoms with Crippen LogP contribution in [0.3, 0.4) is 0 Å². The molecule has 0 aromatic heterocycles. The molecule has 0 aliphatic carbocycles. The molecule has 0 saturated carbocycles. The first-order valence-electron chi connectivity index (χ1n) is 9.04. The van der Waals surface area contributed by atoms with E-state index in [9.17, 15) is 57.5 Å². The fraction of sp³-hybridized carbons (Fsp3) is 0.316. The lowest BCUT2D eigenvalue weighted by Crippen LogP contribution is -2.82. The van der Waals surface area contributed by atoms with Crippen molar-refractivity contribution in [3.63, 3.8) is 0 Å². The van der Waals surface area contributed by atoms with Crippen molar-refractivity contribution in [2.75, 3.05) is 0 Å². The Morgan fingerprint density at radius 1 is 0.750 bits per heavy atom. The lowest BCUT2D eigenvalue weighted by atomic mass is 10.1. The van der Waals surface area contributed by atoms with Gasteiger partial charge in [-0.1, -0.05) is 40.2 Å². The van der Waals surface area contributed by atoms with E-state index in [1.165, 1.54) is 0 Å². The third-order valence-corrected chi connectivity index (χ3v) is 5.24. The second-order valence-electron chi connectivity index (χ2n) is 7.09. The first kappa shape index (κ1) is 28.0. The molecule has 1 aliphatic heterocycles. The van der Waals surface area contributed by atoms with Crippen LogP contribution in [-0.4, -0.2) is 47.1 Å². The lowest BCUT2D eigenvalue weighted by molar-refractivity contribution is -0.583. The fourth-order valence-electron chi connectivity index (χ4n) is 2.97. The molecule has 1 fully saturated rings. The molecule has 17 heteroatoms. The Morgan fingerprint density at radius 2 is 1.14 bits per heavy atom. The minimum Gasteiger partial charge on any atom is -0.423 e. The molecular formula is C19H8BrF12NO3. The maximum Gasteiger partial charge on any atom is 0.448 e. The van der Waals surface area contributed by atoms with E-state index in [1.54, 1.807) is 24.3 Å². The van der Waals surface area contributed by atoms with Crippen molar-refractivity contribution in [2.24, 2.45) is 0 Å². The minimum absolute atomic E-state index is 0.315. The van der Waals surface area contributed by atoms with Crippen molar-refractivity contribution in [1.29, 1.82) is 0 Å². The standard InChI is InChI=1S/C19H8BrF12NO3/c20-11-5-1-9(2-6-11)10-3-7-12(8-4-10)35-13(34)14(21,15(22,23)24)33-16(25,26)18(29,30)36-19(31,32)17(33,27)28/h1-8H/t14-/m0/s1. The van der Waals surface area contributed by atoms with E-state index in [0.717, 1.165) is 12.1 Å². The Hall–Kier alpha value is -2.53. The molecule has 36 heavy (non-hydrogen) atoms. The van der Waals surface area contributed by atoms with Gasteiger partial charge >= 0.3 is 42.2 Å². The summed E-state index contributed by atoms with van der Waals surface area (Å²) in [5.41, 5.74) is 0.804. The number of nitrogens with zero attached hydrogens (tertiary/aromatic N) is 1. The van der Waals surface area contributed by atoms with Crippen molar-refractivity contribution < 1.29 is 67.0 Å². The van der Waals surface area contributed by atoms with Gasteiger partial charge in [0.1, 0.15) is 5.75 Å². The third-order valence-electron chi connectivity index (χ3n) is 4.72. The highest BCUT2D eigenvalue weighted by Crippen LogP contribution is 2.60. The monoisotopic (exact) mass is 605 g/mol. The number of alkyl halides is 12. The van der Waals surface area contributed by atoms with Crippen LogP contribution in [0.5, 0.6) is 5.75 Å². The van der Waals surface area contributed by atoms with E-state index in [2.05, 4.69) is 20.7 Å². The van der Waals surface area contributed by atoms with Crippen LogP contribution in [0.4, 0.5) is 52.7 Å². The van der Waals surface area contributed by atoms with Gasteiger partial charge in [-0.25, -0.2) is 13.9 Å². The van der Waals surface area contributed by atoms with E-state index in [4.69, 9.17) is 0 Å². The Morgan fingerprint density at radius 3 is 1.53 bits per heavy atom. The van der Waals surface area contributed by atoms with Gasteiger partial charge in [-0.05, 0) is 35.4 Å². The molecule has 0 N–H and O–H groups in total. The first-order valence-corrected chi connectivity index (χ1v) is 9.83. The van der Waals surface area contributed by atoms with Crippen molar-refractivity contribution in [3.05, 3.63) is 53.0 Å². The topological polar surface area (TPSA) is 38.8 Å². The molecule has 0 bridgehead atoms. The Bertz CT molecular complexity index is 1110. The highest BCUT2D eigenvalue weighted by atomic mass is 79.9. The van der Waals surface area contributed by atoms with Crippen LogP contribution in [0.25, 0.3) is 11.1 Å². The minimum atomic E-state index is -7.22. The highest BCUT2D eigenvalue weighted by Gasteiger charge is 2.91. The van der Waals surface area contributed by atoms with E-state index < -0.39 is 52.9 Å². The van der Waals surface area contributed by atoms with E-state index in [-0.39, 0.29) is 0 Å². The van der Waals surface area contributed by atoms with Crippen LogP contribution in [0, 0.1) is 0 Å². The van der Waals surface area contributed by atoms with E-state index in [1.807, 2.05) is 4.74 Å². The SMILES string of the molecule is O=C(Oc1ccc(-c2ccc(Br)cc2)cc1)[C@](F)(N1C(F)(F)C(F)(F)OC(F)(F)C1(F)F)C(F)(F)F. The van der Waals surface area contributed by atoms with Crippen molar-refractivity contribution >= 4 is 21.9 Å². The maximum atomic E-state index is 15.0. The average molecular weight is 606 g/mol. The normalized spacial score (nSPS) is 22.5. The molecule has 1 aliphatic rings. The molecule has 4 nitrogen and oxygen atoms in total. The second-order valence-corrected chi connectivity index (χ2v) is 8.01. The summed E-state index contributed by atoms with van der Waals surface area (Å²) in [6.07, 6.45) is -20.8. The van der Waals surface area contributed by atoms with Crippen LogP contribution in [-0.2, 0) is 9.53 Å². The first-order chi connectivity index (χ1) is 16.2. The molecule has 0 spiro atoms. The van der Waals surface area contributed by atoms with Gasteiger partial charge < -0.3 is 4.74 Å². The number of halogens is 13. The van der Waals surface area contributed by atoms with Gasteiger partial charge in [-0.2, -0.15) is 48.3 Å². The number of morpholine rings is 1. The summed E-state index contributed by atoms with van der Waals surface area (Å²) in [4.78, 5) is 8.42. The van der Waals surface area contributed by atoms with Gasteiger partial charge in [-0.3, -0.25) is 0 Å². The number of rotatable bonds is 4. The van der Waals surface area contributed by atoms with E-state index >= 15 is 0 Å². The van der Waals surface area contributed by atoms with E-state index in [0.29, 0.717) is 27.7 Å². The van der Waals surface area contributed by atoms with Gasteiger partial charge in [0.05, 0.1) is 0 Å². The zero-order valence-corrected chi connectivity index (χ0v) is 18.3. The van der Waals surface area contributed by atoms with Gasteiger partial charge in [0, 0.05) is 4.47 Å². The molecule has 2 aromatic rings. The van der Waals surface area contributed by atoms with Gasteiger partial charge in [0.2, 0.25) is 0 Å². The maximum absolute atomic E-state index is 15.0. The predicted octanol–water partition coefficient (Wildman–Crippen LogP) is 6.95. The molecule has 1 saturated heterocycles. The van der Waals surface area contributed by atoms with Crippen LogP contribution in [0.15, 0.2) is 53.0 Å². The van der Waals surface area contributed by atoms with Crippen LogP contribution in [0.2, 0.25) is 0 Å². The van der Waals surface area contributed by atoms with Crippen molar-refractivity contribution in [1.82, 2.24) is 4.90 Å². The summed E-state index contributed by atoms with van der Waals surface area (Å²) in [6.45, 7) is 0. The molecular weight excluding hydrogens is 598 g/mol. The second kappa shape index (κ2) is 8.51. The molecule has 0 amide bonds. The Balaban J connectivity index is 2.05. The molecule has 3 rings (SSSR count). The lowest BCUT2D eigenvalue weighted by Gasteiger charge is -2.50. The summed E-state index contributed by atoms with van der Waals surface area (Å²) >= 11 is 3.16. The number of benzene rings is 2. The van der Waals surface area contributed by atoms with Crippen LogP contribution in [0.1, 0.15) is 0 Å². The summed E-state index contributed by atoms with van der Waals surface area (Å²) in [5.74, 6) is -11.7. The van der Waals surface area contributed by atoms with Gasteiger partial charge in [-0.15, -0.1) is 4.90 Å². The Labute approximate surface area is 200 Å². The number of ether oxygens (including phenoxy) is 2. The van der Waals surface area contributed by atoms with Crippen LogP contribution < -0.4 is 4.74 Å². The molecule has 0 unspecified atom stereocenters. The molecule has 1 heterocycles. The largest absolute Gasteiger partial charge is 0.448 e. The van der Waals surface area contributed by atoms with Crippen molar-refractivity contribution in [2.45, 2.75) is 36.3 Å². The van der Waals surface area contributed by atoms with Gasteiger partial charge in [0.15, 0.2) is 0 Å². The third kappa shape index (κ3) is 4.30. The molecule has 1 atom stereocenters. The smallest absolute Gasteiger partial charge is 0.423 e. The number of esters is 1. The zero-order valence-electron chi connectivity index (χ0n) is 16.7. The number of hydrogen-bond acceptors (Lipinski definition) is 4. The number of carbonyl (C=O) groups excluding carboxylic acids is 1.